The summed E-state index contributed by atoms with van der Waals surface area (Å²) in [6.07, 6.45) is 6.37. The molecule has 0 atom stereocenters. The van der Waals surface area contributed by atoms with Gasteiger partial charge in [0.25, 0.3) is 0 Å². The van der Waals surface area contributed by atoms with Crippen LogP contribution in [0.1, 0.15) is 30.0 Å². The second-order valence-electron chi connectivity index (χ2n) is 13.2. The van der Waals surface area contributed by atoms with Gasteiger partial charge in [0.1, 0.15) is 0 Å². The van der Waals surface area contributed by atoms with Crippen molar-refractivity contribution in [3.05, 3.63) is 205 Å². The Bertz CT molecular complexity index is 2840. The van der Waals surface area contributed by atoms with Crippen LogP contribution in [0.2, 0.25) is 0 Å². The standard InChI is InChI=1S/C15H10N.C13H8NS.C11H6F2N.C6H8N2O2.C5H8O2.3Ir/c1-2-7-13(8-3-1)15-14-9-5-4-6-12(14)10-11-16-15;1-2-7-12-10(5-1)9-13(15-12)11-6-3-4-8-14-11;12-8-4-5-9(10(13)7-8)11-3-1-2-6-14-11;1-4-3-5(6(9)10)7-8(4)2;1-4(6)3-5(2)7;;;/h1-7,9-11H;1-8H;1-4,6-7H;3H,1-2H3,(H,9,10);3,6H,1-2H3;;;/q3*-1;;;;;. The Morgan fingerprint density at radius 3 is 1.92 bits per heavy atom. The molecule has 0 fully saturated rings. The van der Waals surface area contributed by atoms with Crippen molar-refractivity contribution in [3.8, 4) is 33.1 Å². The fourth-order valence-corrected chi connectivity index (χ4v) is 6.50. The van der Waals surface area contributed by atoms with Gasteiger partial charge in [0.2, 0.25) is 0 Å². The molecule has 65 heavy (non-hydrogen) atoms. The topological polar surface area (TPSA) is 131 Å². The summed E-state index contributed by atoms with van der Waals surface area (Å²) in [4.78, 5) is 34.1. The van der Waals surface area contributed by atoms with E-state index in [-0.39, 0.29) is 83.1 Å². The Labute approximate surface area is 420 Å². The number of nitrogens with zero attached hydrogens (tertiary/aromatic N) is 5. The van der Waals surface area contributed by atoms with Gasteiger partial charge in [0, 0.05) is 115 Å². The Kier molecular flexibility index (Phi) is 24.0. The minimum Gasteiger partial charge on any atom is -0.512 e. The van der Waals surface area contributed by atoms with Crippen LogP contribution < -0.4 is 0 Å². The number of fused-ring (bicyclic) bond motifs is 2. The third kappa shape index (κ3) is 17.3. The quantitative estimate of drug-likeness (QED) is 0.0990. The van der Waals surface area contributed by atoms with E-state index in [0.29, 0.717) is 5.69 Å². The fraction of sp³-hybridized carbons (Fsp3) is 0.0800. The number of aliphatic hydroxyl groups excluding tert-OH is 1. The number of carboxylic acids is 1. The minimum absolute atomic E-state index is 0. The number of aryl methyl sites for hydroxylation is 2. The van der Waals surface area contributed by atoms with E-state index in [0.717, 1.165) is 39.7 Å². The van der Waals surface area contributed by atoms with Crippen molar-refractivity contribution in [2.75, 3.05) is 0 Å². The van der Waals surface area contributed by atoms with E-state index in [1.165, 1.54) is 51.5 Å². The summed E-state index contributed by atoms with van der Waals surface area (Å²) < 4.78 is 28.6. The third-order valence-corrected chi connectivity index (χ3v) is 9.50. The fourth-order valence-electron chi connectivity index (χ4n) is 5.52. The molecule has 2 N–H and O–H groups in total. The summed E-state index contributed by atoms with van der Waals surface area (Å²) in [5.41, 5.74) is 4.62. The molecule has 9 aromatic rings. The first kappa shape index (κ1) is 55.4. The zero-order valence-corrected chi connectivity index (χ0v) is 43.1. The molecular formula is C50H40F2Ir3N5O4S-3. The number of aromatic carboxylic acids is 1. The predicted molar refractivity (Wildman–Crippen MR) is 240 cm³/mol. The molecule has 5 heterocycles. The Morgan fingerprint density at radius 2 is 1.38 bits per heavy atom. The number of aromatic nitrogens is 5. The van der Waals surface area contributed by atoms with Crippen molar-refractivity contribution in [1.29, 1.82) is 0 Å². The summed E-state index contributed by atoms with van der Waals surface area (Å²) in [6.45, 7) is 4.65. The molecule has 0 spiro atoms. The number of benzene rings is 4. The predicted octanol–water partition coefficient (Wildman–Crippen LogP) is 11.7. The van der Waals surface area contributed by atoms with E-state index in [1.807, 2.05) is 79.1 Å². The number of aliphatic hydroxyl groups is 1. The number of rotatable bonds is 5. The van der Waals surface area contributed by atoms with Gasteiger partial charge in [0.05, 0.1) is 5.76 Å². The van der Waals surface area contributed by atoms with Gasteiger partial charge in [-0.15, -0.1) is 71.6 Å². The molecule has 3 radical (unpaired) electrons. The molecule has 0 amide bonds. The summed E-state index contributed by atoms with van der Waals surface area (Å²) in [5.74, 6) is -2.33. The van der Waals surface area contributed by atoms with Gasteiger partial charge >= 0.3 is 5.97 Å². The molecule has 0 saturated carbocycles. The first-order valence-electron chi connectivity index (χ1n) is 18.9. The van der Waals surface area contributed by atoms with Gasteiger partial charge in [-0.25, -0.2) is 16.1 Å². The number of hydrogen-bond donors (Lipinski definition) is 2. The van der Waals surface area contributed by atoms with Crippen molar-refractivity contribution in [2.45, 2.75) is 20.8 Å². The number of carboxylic acid groups (broad SMARTS) is 1. The van der Waals surface area contributed by atoms with Crippen molar-refractivity contribution in [1.82, 2.24) is 24.7 Å². The van der Waals surface area contributed by atoms with Crippen LogP contribution in [-0.2, 0) is 72.2 Å². The molecule has 5 aromatic heterocycles. The third-order valence-electron chi connectivity index (χ3n) is 8.41. The van der Waals surface area contributed by atoms with Gasteiger partial charge in [-0.2, -0.15) is 5.10 Å². The van der Waals surface area contributed by atoms with E-state index >= 15 is 0 Å². The van der Waals surface area contributed by atoms with Crippen LogP contribution in [0.3, 0.4) is 0 Å². The Hall–Kier alpha value is -5.75. The largest absolute Gasteiger partial charge is 0.512 e. The van der Waals surface area contributed by atoms with Crippen LogP contribution >= 0.6 is 11.3 Å². The minimum atomic E-state index is -0.983. The molecule has 0 bridgehead atoms. The van der Waals surface area contributed by atoms with Crippen molar-refractivity contribution in [2.24, 2.45) is 7.05 Å². The van der Waals surface area contributed by atoms with Crippen molar-refractivity contribution in [3.63, 3.8) is 0 Å². The van der Waals surface area contributed by atoms with Crippen LogP contribution in [-0.4, -0.2) is 46.7 Å². The number of carbonyl (C=O) groups excluding carboxylic acids is 1. The number of thiophene rings is 1. The maximum absolute atomic E-state index is 13.2. The summed E-state index contributed by atoms with van der Waals surface area (Å²) >= 11 is 1.73. The number of carbonyl (C=O) groups is 2. The molecule has 0 aliphatic rings. The Balaban J connectivity index is 0.000000283. The number of pyridine rings is 3. The van der Waals surface area contributed by atoms with Gasteiger partial charge in [-0.3, -0.25) is 18.3 Å². The molecule has 0 aliphatic heterocycles. The molecule has 9 nitrogen and oxygen atoms in total. The summed E-state index contributed by atoms with van der Waals surface area (Å²) in [7, 11) is 1.71. The Morgan fingerprint density at radius 1 is 0.738 bits per heavy atom. The summed E-state index contributed by atoms with van der Waals surface area (Å²) in [5, 5.41) is 24.1. The SMILES string of the molecule is CC(=O)C=C(C)O.Cc1cc(C(=O)O)nn1C.Fc1c[c-]c(-c2ccccn2)c(F)c1.[Ir].[Ir].[Ir].[c-]1c(-c2ccccn2)sc2ccccc12.[c-]1ccccc1-c1nccc2ccccc12. The van der Waals surface area contributed by atoms with E-state index in [9.17, 15) is 18.4 Å². The average Bonchev–Trinajstić information content (AvgIpc) is 3.87. The monoisotopic (exact) mass is 1420 g/mol. The van der Waals surface area contributed by atoms with E-state index in [2.05, 4.69) is 68.6 Å². The number of allylic oxidation sites excluding steroid dienone is 2. The average molecular weight is 1420 g/mol. The smallest absolute Gasteiger partial charge is 0.356 e. The number of halogens is 2. The molecule has 0 unspecified atom stereocenters. The van der Waals surface area contributed by atoms with Crippen LogP contribution in [0.5, 0.6) is 0 Å². The van der Waals surface area contributed by atoms with E-state index in [4.69, 9.17) is 10.2 Å². The molecule has 339 valence electrons. The maximum Gasteiger partial charge on any atom is 0.356 e. The number of ketones is 1. The van der Waals surface area contributed by atoms with Crippen LogP contribution in [0, 0.1) is 36.8 Å². The van der Waals surface area contributed by atoms with Crippen molar-refractivity contribution >= 4 is 43.9 Å². The van der Waals surface area contributed by atoms with Gasteiger partial charge < -0.3 is 25.2 Å². The molecular weight excluding hydrogens is 1380 g/mol. The molecule has 0 aliphatic carbocycles. The molecule has 0 saturated heterocycles. The van der Waals surface area contributed by atoms with E-state index < -0.39 is 17.6 Å². The van der Waals surface area contributed by atoms with E-state index in [1.54, 1.807) is 49.7 Å². The first-order valence-corrected chi connectivity index (χ1v) is 19.7. The zero-order valence-electron chi connectivity index (χ0n) is 35.1. The van der Waals surface area contributed by atoms with Gasteiger partial charge in [0.15, 0.2) is 11.5 Å². The maximum atomic E-state index is 13.2. The number of hydrogen-bond acceptors (Lipinski definition) is 8. The summed E-state index contributed by atoms with van der Waals surface area (Å²) in [6, 6.07) is 50.1. The van der Waals surface area contributed by atoms with Crippen LogP contribution in [0.15, 0.2) is 164 Å². The second kappa shape index (κ2) is 28.2. The molecule has 4 aromatic carbocycles. The first-order chi connectivity index (χ1) is 29.9. The second-order valence-corrected chi connectivity index (χ2v) is 14.2. The molecule has 15 heteroatoms. The normalized spacial score (nSPS) is 9.97. The zero-order chi connectivity index (χ0) is 44.4. The van der Waals surface area contributed by atoms with Gasteiger partial charge in [-0.1, -0.05) is 72.3 Å². The van der Waals surface area contributed by atoms with Crippen LogP contribution in [0.4, 0.5) is 8.78 Å². The molecule has 9 rings (SSSR count). The van der Waals surface area contributed by atoms with Gasteiger partial charge in [-0.05, 0) is 76.8 Å². The van der Waals surface area contributed by atoms with Crippen LogP contribution in [0.25, 0.3) is 53.9 Å². The van der Waals surface area contributed by atoms with Crippen molar-refractivity contribution < 1.29 is 88.9 Å².